The molecule has 1 aliphatic rings. The molecule has 11 heteroatoms. The number of nitrogens with zero attached hydrogens (tertiary/aromatic N) is 7. The maximum atomic E-state index is 12.8. The molecule has 1 atom stereocenters. The van der Waals surface area contributed by atoms with Gasteiger partial charge in [0, 0.05) is 30.5 Å². The van der Waals surface area contributed by atoms with Crippen LogP contribution in [-0.2, 0) is 16.6 Å². The van der Waals surface area contributed by atoms with E-state index in [1.807, 2.05) is 17.6 Å². The number of fused-ring (bicyclic) bond motifs is 3. The van der Waals surface area contributed by atoms with Crippen molar-refractivity contribution >= 4 is 15.8 Å². The first kappa shape index (κ1) is 24.0. The van der Waals surface area contributed by atoms with Gasteiger partial charge in [-0.05, 0) is 51.0 Å². The number of pyridine rings is 1. The lowest BCUT2D eigenvalue weighted by atomic mass is 10.1. The maximum absolute atomic E-state index is 12.8. The van der Waals surface area contributed by atoms with Crippen molar-refractivity contribution in [2.45, 2.75) is 57.6 Å². The van der Waals surface area contributed by atoms with Gasteiger partial charge >= 0.3 is 0 Å². The zero-order valence-electron chi connectivity index (χ0n) is 20.6. The van der Waals surface area contributed by atoms with Crippen LogP contribution in [0.4, 0.5) is 5.82 Å². The van der Waals surface area contributed by atoms with Crippen LogP contribution in [0.5, 0.6) is 0 Å². The van der Waals surface area contributed by atoms with Crippen LogP contribution in [0.2, 0.25) is 0 Å². The molecule has 0 saturated carbocycles. The first-order valence-corrected chi connectivity index (χ1v) is 13.4. The Morgan fingerprint density at radius 2 is 1.86 bits per heavy atom. The summed E-state index contributed by atoms with van der Waals surface area (Å²) in [7, 11) is -3.68. The van der Waals surface area contributed by atoms with Crippen molar-refractivity contribution in [3.05, 3.63) is 72.2 Å². The van der Waals surface area contributed by atoms with E-state index in [4.69, 9.17) is 4.98 Å². The third kappa shape index (κ3) is 4.14. The lowest BCUT2D eigenvalue weighted by molar-refractivity contribution is 0.496. The van der Waals surface area contributed by atoms with Gasteiger partial charge in [-0.2, -0.15) is 0 Å². The van der Waals surface area contributed by atoms with Gasteiger partial charge in [-0.3, -0.25) is 9.55 Å². The van der Waals surface area contributed by atoms with Crippen molar-refractivity contribution in [3.8, 4) is 17.1 Å². The Kier molecular flexibility index (Phi) is 6.27. The largest absolute Gasteiger partial charge is 0.342 e. The average molecular weight is 505 g/mol. The maximum Gasteiger partial charge on any atom is 0.240 e. The highest BCUT2D eigenvalue weighted by Crippen LogP contribution is 2.40. The van der Waals surface area contributed by atoms with Crippen LogP contribution < -0.4 is 9.62 Å². The van der Waals surface area contributed by atoms with E-state index in [1.165, 1.54) is 0 Å². The van der Waals surface area contributed by atoms with Crippen molar-refractivity contribution in [2.75, 3.05) is 4.90 Å². The lowest BCUT2D eigenvalue weighted by Gasteiger charge is -2.39. The molecule has 1 aliphatic heterocycles. The number of aromatic nitrogens is 6. The van der Waals surface area contributed by atoms with Crippen LogP contribution in [0.15, 0.2) is 59.9 Å². The third-order valence-corrected chi connectivity index (χ3v) is 7.73. The third-order valence-electron chi connectivity index (χ3n) is 6.31. The van der Waals surface area contributed by atoms with E-state index in [0.29, 0.717) is 17.0 Å². The summed E-state index contributed by atoms with van der Waals surface area (Å²) >= 11 is 0. The molecule has 0 spiro atoms. The van der Waals surface area contributed by atoms with Gasteiger partial charge in [0.15, 0.2) is 17.5 Å². The molecular formula is C25H28N8O2S. The molecule has 1 N–H and O–H groups in total. The van der Waals surface area contributed by atoms with Gasteiger partial charge in [-0.25, -0.2) is 23.1 Å². The first-order chi connectivity index (χ1) is 17.3. The van der Waals surface area contributed by atoms with E-state index >= 15 is 0 Å². The molecule has 4 aromatic rings. The molecule has 0 bridgehead atoms. The summed E-state index contributed by atoms with van der Waals surface area (Å²) in [6.45, 7) is 8.36. The van der Waals surface area contributed by atoms with E-state index in [2.05, 4.69) is 50.6 Å². The van der Waals surface area contributed by atoms with Crippen molar-refractivity contribution in [3.63, 3.8) is 0 Å². The van der Waals surface area contributed by atoms with E-state index < -0.39 is 10.0 Å². The quantitative estimate of drug-likeness (QED) is 0.406. The smallest absolute Gasteiger partial charge is 0.240 e. The lowest BCUT2D eigenvalue weighted by Crippen LogP contribution is -2.40. The number of hydrogen-bond donors (Lipinski definition) is 1. The minimum absolute atomic E-state index is 0.0241. The fourth-order valence-electron chi connectivity index (χ4n) is 4.63. The molecule has 3 aromatic heterocycles. The Morgan fingerprint density at radius 3 is 2.58 bits per heavy atom. The van der Waals surface area contributed by atoms with E-state index in [1.54, 1.807) is 48.9 Å². The minimum Gasteiger partial charge on any atom is -0.342 e. The molecule has 0 aliphatic carbocycles. The average Bonchev–Trinajstić information content (AvgIpc) is 3.28. The summed E-state index contributed by atoms with van der Waals surface area (Å²) in [5, 5.41) is 8.76. The molecular weight excluding hydrogens is 476 g/mol. The molecule has 1 aromatic carbocycles. The predicted molar refractivity (Wildman–Crippen MR) is 136 cm³/mol. The second-order valence-corrected chi connectivity index (χ2v) is 10.7. The number of aryl methyl sites for hydroxylation is 1. The van der Waals surface area contributed by atoms with Gasteiger partial charge < -0.3 is 4.90 Å². The Hall–Kier alpha value is -3.70. The van der Waals surface area contributed by atoms with Crippen LogP contribution in [0.25, 0.3) is 17.1 Å². The summed E-state index contributed by atoms with van der Waals surface area (Å²) < 4.78 is 30.2. The first-order valence-electron chi connectivity index (χ1n) is 11.9. The number of sulfonamides is 1. The number of nitrogens with one attached hydrogen (secondary N) is 1. The predicted octanol–water partition coefficient (Wildman–Crippen LogP) is 3.59. The van der Waals surface area contributed by atoms with E-state index in [9.17, 15) is 8.42 Å². The SMILES string of the molecule is CCC1c2nnc(C)n2-c2cnc(-c3ccncc3CNS(=O)(=O)c3ccccc3)nc2N1C(C)C. The summed E-state index contributed by atoms with van der Waals surface area (Å²) in [6.07, 6.45) is 5.93. The van der Waals surface area contributed by atoms with Crippen LogP contribution >= 0.6 is 0 Å². The number of rotatable bonds is 7. The zero-order chi connectivity index (χ0) is 25.4. The van der Waals surface area contributed by atoms with Crippen LogP contribution in [0, 0.1) is 6.92 Å². The summed E-state index contributed by atoms with van der Waals surface area (Å²) in [6, 6.07) is 10.3. The normalized spacial score (nSPS) is 15.1. The van der Waals surface area contributed by atoms with Crippen LogP contribution in [0.1, 0.15) is 50.4 Å². The zero-order valence-corrected chi connectivity index (χ0v) is 21.4. The summed E-state index contributed by atoms with van der Waals surface area (Å²) in [4.78, 5) is 16.3. The van der Waals surface area contributed by atoms with Crippen molar-refractivity contribution < 1.29 is 8.42 Å². The highest BCUT2D eigenvalue weighted by molar-refractivity contribution is 7.89. The molecule has 4 heterocycles. The van der Waals surface area contributed by atoms with Crippen molar-refractivity contribution in [2.24, 2.45) is 0 Å². The highest BCUT2D eigenvalue weighted by Gasteiger charge is 2.36. The summed E-state index contributed by atoms with van der Waals surface area (Å²) in [5.41, 5.74) is 2.22. The number of hydrogen-bond acceptors (Lipinski definition) is 8. The standard InChI is InChI=1S/C25H28N8O2S/c1-5-21-25-31-30-17(4)33(25)22-15-27-23(29-24(22)32(21)16(2)3)20-11-12-26-13-18(20)14-28-36(34,35)19-9-7-6-8-10-19/h6-13,15-16,21,28H,5,14H2,1-4H3. The molecule has 0 amide bonds. The van der Waals surface area contributed by atoms with Crippen molar-refractivity contribution in [1.82, 2.24) is 34.4 Å². The molecule has 186 valence electrons. The van der Waals surface area contributed by atoms with Crippen LogP contribution in [-0.4, -0.2) is 44.2 Å². The molecule has 36 heavy (non-hydrogen) atoms. The fraction of sp³-hybridized carbons (Fsp3) is 0.320. The van der Waals surface area contributed by atoms with E-state index in [-0.39, 0.29) is 23.5 Å². The highest BCUT2D eigenvalue weighted by atomic mass is 32.2. The second kappa shape index (κ2) is 9.40. The summed E-state index contributed by atoms with van der Waals surface area (Å²) in [5.74, 6) is 2.96. The minimum atomic E-state index is -3.68. The van der Waals surface area contributed by atoms with Gasteiger partial charge in [-0.1, -0.05) is 25.1 Å². The Bertz CT molecular complexity index is 1500. The van der Waals surface area contributed by atoms with Gasteiger partial charge in [-0.15, -0.1) is 10.2 Å². The van der Waals surface area contributed by atoms with Gasteiger partial charge in [0.25, 0.3) is 0 Å². The van der Waals surface area contributed by atoms with Gasteiger partial charge in [0.2, 0.25) is 10.0 Å². The monoisotopic (exact) mass is 504 g/mol. The Morgan fingerprint density at radius 1 is 1.08 bits per heavy atom. The molecule has 0 fully saturated rings. The second-order valence-electron chi connectivity index (χ2n) is 8.94. The molecule has 0 radical (unpaired) electrons. The van der Waals surface area contributed by atoms with Crippen LogP contribution in [0.3, 0.4) is 0 Å². The van der Waals surface area contributed by atoms with E-state index in [0.717, 1.165) is 29.6 Å². The molecule has 0 saturated heterocycles. The number of anilines is 1. The topological polar surface area (TPSA) is 119 Å². The Labute approximate surface area is 210 Å². The van der Waals surface area contributed by atoms with Crippen molar-refractivity contribution in [1.29, 1.82) is 0 Å². The van der Waals surface area contributed by atoms with Gasteiger partial charge in [0.05, 0.1) is 17.1 Å². The molecule has 5 rings (SSSR count). The molecule has 10 nitrogen and oxygen atoms in total. The molecule has 1 unspecified atom stereocenters. The fourth-order valence-corrected chi connectivity index (χ4v) is 5.66. The Balaban J connectivity index is 1.55. The van der Waals surface area contributed by atoms with Gasteiger partial charge in [0.1, 0.15) is 11.5 Å². The number of benzene rings is 1.